The van der Waals surface area contributed by atoms with Crippen molar-refractivity contribution in [2.24, 2.45) is 0 Å². The highest BCUT2D eigenvalue weighted by molar-refractivity contribution is 6.04. The van der Waals surface area contributed by atoms with E-state index in [2.05, 4.69) is 0 Å². The number of aliphatic hydroxyl groups is 1. The van der Waals surface area contributed by atoms with Crippen molar-refractivity contribution in [3.05, 3.63) is 120 Å². The van der Waals surface area contributed by atoms with Gasteiger partial charge in [0.25, 0.3) is 0 Å². The largest absolute Gasteiger partial charge is 0.488 e. The molecule has 0 fully saturated rings. The molecule has 0 aliphatic carbocycles. The van der Waals surface area contributed by atoms with Crippen molar-refractivity contribution in [1.82, 2.24) is 4.57 Å². The molecular weight excluding hydrogens is 493 g/mol. The number of aliphatic hydroxyl groups excluding tert-OH is 1. The van der Waals surface area contributed by atoms with Crippen LogP contribution in [0.2, 0.25) is 0 Å². The van der Waals surface area contributed by atoms with Crippen LogP contribution in [0.5, 0.6) is 5.75 Å². The van der Waals surface area contributed by atoms with E-state index in [9.17, 15) is 19.4 Å². The number of rotatable bonds is 8. The first-order valence-corrected chi connectivity index (χ1v) is 12.8. The number of halogens is 1. The predicted molar refractivity (Wildman–Crippen MR) is 151 cm³/mol. The van der Waals surface area contributed by atoms with E-state index in [-0.39, 0.29) is 11.4 Å². The Morgan fingerprint density at radius 3 is 2.21 bits per heavy atom. The Morgan fingerprint density at radius 1 is 0.923 bits per heavy atom. The van der Waals surface area contributed by atoms with E-state index in [0.29, 0.717) is 12.4 Å². The van der Waals surface area contributed by atoms with Crippen LogP contribution in [0.25, 0.3) is 27.7 Å². The normalized spacial score (nSPS) is 12.4. The average Bonchev–Trinajstić information content (AvgIpc) is 3.29. The van der Waals surface area contributed by atoms with Gasteiger partial charge < -0.3 is 19.5 Å². The topological polar surface area (TPSA) is 71.7 Å². The van der Waals surface area contributed by atoms with Crippen molar-refractivity contribution in [3.8, 4) is 22.6 Å². The fourth-order valence-electron chi connectivity index (χ4n) is 4.89. The number of carboxylic acids is 1. The first kappa shape index (κ1) is 26.2. The van der Waals surface area contributed by atoms with Crippen LogP contribution in [-0.4, -0.2) is 26.9 Å². The quantitative estimate of drug-likeness (QED) is 0.223. The lowest BCUT2D eigenvalue weighted by Crippen LogP contribution is -2.33. The fourth-order valence-corrected chi connectivity index (χ4v) is 4.89. The molecule has 0 aliphatic heterocycles. The number of benzene rings is 4. The Bertz CT molecular complexity index is 1620. The fraction of sp³-hybridized carbons (Fsp3) is 0.182. The molecule has 1 atom stereocenters. The molecule has 198 valence electrons. The van der Waals surface area contributed by atoms with Crippen LogP contribution < -0.4 is 4.74 Å². The number of aromatic carboxylic acids is 1. The summed E-state index contributed by atoms with van der Waals surface area (Å²) >= 11 is 0. The molecule has 5 nitrogen and oxygen atoms in total. The summed E-state index contributed by atoms with van der Waals surface area (Å²) in [6.45, 7) is 6.03. The summed E-state index contributed by atoms with van der Waals surface area (Å²) in [4.78, 5) is 11.6. The molecule has 5 aromatic rings. The van der Waals surface area contributed by atoms with Gasteiger partial charge in [-0.25, -0.2) is 9.18 Å². The summed E-state index contributed by atoms with van der Waals surface area (Å²) in [5.41, 5.74) is 4.41. The smallest absolute Gasteiger partial charge is 0.335 e. The summed E-state index contributed by atoms with van der Waals surface area (Å²) in [5.74, 6) is -0.702. The van der Waals surface area contributed by atoms with Crippen LogP contribution in [0.4, 0.5) is 4.39 Å². The monoisotopic (exact) mass is 523 g/mol. The Balaban J connectivity index is 1.85. The molecule has 0 radical (unpaired) electrons. The zero-order chi connectivity index (χ0) is 27.7. The number of carboxylic acid groups (broad SMARTS) is 1. The molecule has 1 aromatic heterocycles. The van der Waals surface area contributed by atoms with E-state index in [1.807, 2.05) is 66.9 Å². The third-order valence-electron chi connectivity index (χ3n) is 7.35. The van der Waals surface area contributed by atoms with Crippen molar-refractivity contribution >= 4 is 16.9 Å². The van der Waals surface area contributed by atoms with E-state index in [1.54, 1.807) is 43.3 Å². The van der Waals surface area contributed by atoms with Gasteiger partial charge in [0.2, 0.25) is 0 Å². The predicted octanol–water partition coefficient (Wildman–Crippen LogP) is 7.37. The highest BCUT2D eigenvalue weighted by Gasteiger charge is 2.36. The van der Waals surface area contributed by atoms with Gasteiger partial charge in [0.15, 0.2) is 0 Å². The summed E-state index contributed by atoms with van der Waals surface area (Å²) < 4.78 is 22.4. The summed E-state index contributed by atoms with van der Waals surface area (Å²) in [7, 11) is 0. The number of nitrogens with zero attached hydrogens (tertiary/aromatic N) is 1. The zero-order valence-electron chi connectivity index (χ0n) is 22.1. The number of fused-ring (bicyclic) bond motifs is 1. The van der Waals surface area contributed by atoms with Crippen molar-refractivity contribution in [3.63, 3.8) is 0 Å². The van der Waals surface area contributed by atoms with Crippen LogP contribution in [0.3, 0.4) is 0 Å². The first-order chi connectivity index (χ1) is 18.7. The molecule has 0 bridgehead atoms. The molecule has 1 heterocycles. The Hall–Kier alpha value is -4.42. The molecule has 0 saturated heterocycles. The first-order valence-electron chi connectivity index (χ1n) is 12.8. The highest BCUT2D eigenvalue weighted by Crippen LogP contribution is 2.47. The lowest BCUT2D eigenvalue weighted by molar-refractivity contribution is 0.0697. The van der Waals surface area contributed by atoms with Crippen LogP contribution in [0.15, 0.2) is 97.1 Å². The number of hydrogen-bond donors (Lipinski definition) is 2. The minimum Gasteiger partial charge on any atom is -0.488 e. The van der Waals surface area contributed by atoms with Gasteiger partial charge in [-0.05, 0) is 66.6 Å². The number of hydrogen-bond acceptors (Lipinski definition) is 3. The Labute approximate surface area is 226 Å². The number of ether oxygens (including phenoxy) is 1. The maximum atomic E-state index is 14.0. The molecule has 1 unspecified atom stereocenters. The Kier molecular flexibility index (Phi) is 6.98. The standard InChI is InChI=1S/C33H30FNO4/c1-21(36)33(2,3)31-29(23-12-14-24(15-13-23)32(37)38)30-27(35(31)26-18-16-25(34)17-19-26)10-7-11-28(30)39-20-22-8-5-4-6-9-22/h4-19,21,36H,20H2,1-3H3,(H,37,38). The second kappa shape index (κ2) is 10.4. The van der Waals surface area contributed by atoms with Crippen molar-refractivity contribution in [2.75, 3.05) is 0 Å². The molecule has 6 heteroatoms. The van der Waals surface area contributed by atoms with E-state index in [1.165, 1.54) is 12.1 Å². The zero-order valence-corrected chi connectivity index (χ0v) is 22.1. The molecule has 5 rings (SSSR count). The average molecular weight is 524 g/mol. The van der Waals surface area contributed by atoms with Crippen LogP contribution in [0, 0.1) is 5.82 Å². The lowest BCUT2D eigenvalue weighted by atomic mass is 9.80. The van der Waals surface area contributed by atoms with Crippen LogP contribution >= 0.6 is 0 Å². The van der Waals surface area contributed by atoms with E-state index in [0.717, 1.165) is 39.0 Å². The maximum Gasteiger partial charge on any atom is 0.335 e. The van der Waals surface area contributed by atoms with Gasteiger partial charge in [0.1, 0.15) is 18.2 Å². The molecular formula is C33H30FNO4. The van der Waals surface area contributed by atoms with Gasteiger partial charge in [-0.3, -0.25) is 0 Å². The van der Waals surface area contributed by atoms with Gasteiger partial charge in [-0.15, -0.1) is 0 Å². The van der Waals surface area contributed by atoms with Crippen molar-refractivity contribution in [2.45, 2.75) is 38.9 Å². The number of carbonyl (C=O) groups is 1. The van der Waals surface area contributed by atoms with Gasteiger partial charge in [0, 0.05) is 22.4 Å². The molecule has 0 saturated carbocycles. The SMILES string of the molecule is CC(O)C(C)(C)c1c(-c2ccc(C(=O)O)cc2)c2c(OCc3ccccc3)cccc2n1-c1ccc(F)cc1. The molecule has 0 aliphatic rings. The van der Waals surface area contributed by atoms with Gasteiger partial charge >= 0.3 is 5.97 Å². The van der Waals surface area contributed by atoms with Crippen LogP contribution in [-0.2, 0) is 12.0 Å². The minimum atomic E-state index is -1.01. The summed E-state index contributed by atoms with van der Waals surface area (Å²) in [6.07, 6.45) is -0.744. The third-order valence-corrected chi connectivity index (χ3v) is 7.35. The van der Waals surface area contributed by atoms with Gasteiger partial charge in [-0.1, -0.05) is 62.4 Å². The second-order valence-corrected chi connectivity index (χ2v) is 10.2. The van der Waals surface area contributed by atoms with Gasteiger partial charge in [-0.2, -0.15) is 0 Å². The second-order valence-electron chi connectivity index (χ2n) is 10.2. The molecule has 4 aromatic carbocycles. The molecule has 0 amide bonds. The summed E-state index contributed by atoms with van der Waals surface area (Å²) in [5, 5.41) is 21.3. The highest BCUT2D eigenvalue weighted by atomic mass is 19.1. The number of aromatic nitrogens is 1. The third kappa shape index (κ3) is 4.91. The molecule has 0 spiro atoms. The molecule has 2 N–H and O–H groups in total. The maximum absolute atomic E-state index is 14.0. The lowest BCUT2D eigenvalue weighted by Gasteiger charge is -2.31. The minimum absolute atomic E-state index is 0.179. The van der Waals surface area contributed by atoms with Crippen molar-refractivity contribution < 1.29 is 24.1 Å². The van der Waals surface area contributed by atoms with Gasteiger partial charge in [0.05, 0.1) is 22.6 Å². The molecule has 39 heavy (non-hydrogen) atoms. The van der Waals surface area contributed by atoms with E-state index >= 15 is 0 Å². The Morgan fingerprint density at radius 2 is 1.59 bits per heavy atom. The van der Waals surface area contributed by atoms with Crippen LogP contribution in [0.1, 0.15) is 42.4 Å². The van der Waals surface area contributed by atoms with E-state index < -0.39 is 17.5 Å². The van der Waals surface area contributed by atoms with E-state index in [4.69, 9.17) is 4.74 Å². The van der Waals surface area contributed by atoms with Crippen molar-refractivity contribution in [1.29, 1.82) is 0 Å². The summed E-state index contributed by atoms with van der Waals surface area (Å²) in [6, 6.07) is 28.6.